The number of nitrogens with zero attached hydrogens (tertiary/aromatic N) is 2. The van der Waals surface area contributed by atoms with Gasteiger partial charge in [0.2, 0.25) is 5.82 Å². The zero-order chi connectivity index (χ0) is 17.2. The normalized spacial score (nSPS) is 10.9. The predicted octanol–water partition coefficient (Wildman–Crippen LogP) is 4.34. The molecule has 7 heteroatoms. The first-order valence-electron chi connectivity index (χ1n) is 7.52. The van der Waals surface area contributed by atoms with Crippen LogP contribution in [-0.4, -0.2) is 21.1 Å². The fraction of sp³-hybridized carbons (Fsp3) is 0.0556. The van der Waals surface area contributed by atoms with E-state index in [-0.39, 0.29) is 12.5 Å². The van der Waals surface area contributed by atoms with Crippen molar-refractivity contribution >= 4 is 32.8 Å². The van der Waals surface area contributed by atoms with E-state index in [2.05, 4.69) is 31.1 Å². The smallest absolute Gasteiger partial charge is 0.355 e. The molecule has 0 saturated heterocycles. The summed E-state index contributed by atoms with van der Waals surface area (Å²) in [6.45, 7) is -0.0856. The van der Waals surface area contributed by atoms with Crippen molar-refractivity contribution in [1.29, 1.82) is 0 Å². The van der Waals surface area contributed by atoms with Crippen LogP contribution >= 0.6 is 15.9 Å². The highest BCUT2D eigenvalue weighted by molar-refractivity contribution is 9.10. The van der Waals surface area contributed by atoms with Crippen LogP contribution in [0, 0.1) is 0 Å². The first kappa shape index (κ1) is 15.6. The van der Waals surface area contributed by atoms with Gasteiger partial charge in [-0.05, 0) is 36.4 Å². The molecule has 0 amide bonds. The number of H-pyrrole nitrogens is 1. The summed E-state index contributed by atoms with van der Waals surface area (Å²) < 4.78 is 11.3. The number of nitrogens with one attached hydrogen (secondary N) is 1. The van der Waals surface area contributed by atoms with Crippen molar-refractivity contribution < 1.29 is 14.1 Å². The van der Waals surface area contributed by atoms with Crippen molar-refractivity contribution in [2.45, 2.75) is 6.61 Å². The molecule has 4 rings (SSSR count). The lowest BCUT2D eigenvalue weighted by Gasteiger charge is -1.98. The van der Waals surface area contributed by atoms with E-state index in [1.165, 1.54) is 0 Å². The topological polar surface area (TPSA) is 81.0 Å². The first-order chi connectivity index (χ1) is 12.2. The highest BCUT2D eigenvalue weighted by Gasteiger charge is 2.14. The van der Waals surface area contributed by atoms with Crippen LogP contribution in [-0.2, 0) is 11.3 Å². The third-order valence-corrected chi connectivity index (χ3v) is 4.18. The molecule has 0 saturated carbocycles. The van der Waals surface area contributed by atoms with Gasteiger partial charge in [-0.3, -0.25) is 0 Å². The molecule has 124 valence electrons. The van der Waals surface area contributed by atoms with Crippen molar-refractivity contribution in [1.82, 2.24) is 15.1 Å². The van der Waals surface area contributed by atoms with Gasteiger partial charge in [-0.2, -0.15) is 4.98 Å². The molecule has 6 nitrogen and oxygen atoms in total. The molecule has 0 bridgehead atoms. The summed E-state index contributed by atoms with van der Waals surface area (Å²) in [7, 11) is 0. The number of fused-ring (bicyclic) bond motifs is 1. The summed E-state index contributed by atoms with van der Waals surface area (Å²) >= 11 is 3.37. The molecule has 0 aliphatic rings. The van der Waals surface area contributed by atoms with E-state index in [0.717, 1.165) is 20.9 Å². The summed E-state index contributed by atoms with van der Waals surface area (Å²) in [4.78, 5) is 19.4. The second kappa shape index (κ2) is 6.52. The molecular weight excluding hydrogens is 386 g/mol. The van der Waals surface area contributed by atoms with Gasteiger partial charge in [-0.1, -0.05) is 39.3 Å². The van der Waals surface area contributed by atoms with Crippen molar-refractivity contribution in [2.24, 2.45) is 0 Å². The van der Waals surface area contributed by atoms with Crippen LogP contribution in [0.4, 0.5) is 0 Å². The van der Waals surface area contributed by atoms with Gasteiger partial charge in [0, 0.05) is 20.9 Å². The van der Waals surface area contributed by atoms with Gasteiger partial charge in [-0.15, -0.1) is 0 Å². The number of para-hydroxylation sites is 1. The number of hydrogen-bond acceptors (Lipinski definition) is 5. The van der Waals surface area contributed by atoms with E-state index in [0.29, 0.717) is 11.5 Å². The van der Waals surface area contributed by atoms with Crippen molar-refractivity contribution in [3.05, 3.63) is 70.7 Å². The summed E-state index contributed by atoms with van der Waals surface area (Å²) in [5.74, 6) is 0.214. The van der Waals surface area contributed by atoms with E-state index in [1.54, 1.807) is 6.07 Å². The molecule has 25 heavy (non-hydrogen) atoms. The van der Waals surface area contributed by atoms with Crippen molar-refractivity contribution in [3.63, 3.8) is 0 Å². The van der Waals surface area contributed by atoms with Gasteiger partial charge in [0.15, 0.2) is 6.61 Å². The SMILES string of the molecule is O=C(OCc1nc(-c2ccc(Br)cc2)no1)c1cc2ccccc2[nH]1. The van der Waals surface area contributed by atoms with Gasteiger partial charge in [-0.25, -0.2) is 4.79 Å². The predicted molar refractivity (Wildman–Crippen MR) is 94.9 cm³/mol. The fourth-order valence-corrected chi connectivity index (χ4v) is 2.68. The maximum Gasteiger partial charge on any atom is 0.355 e. The lowest BCUT2D eigenvalue weighted by molar-refractivity contribution is 0.0424. The second-order valence-corrected chi connectivity index (χ2v) is 6.28. The zero-order valence-corrected chi connectivity index (χ0v) is 14.5. The number of carbonyl (C=O) groups is 1. The number of hydrogen-bond donors (Lipinski definition) is 1. The summed E-state index contributed by atoms with van der Waals surface area (Å²) in [6.07, 6.45) is 0. The number of benzene rings is 2. The van der Waals surface area contributed by atoms with Gasteiger partial charge in [0.25, 0.3) is 5.89 Å². The molecule has 0 aliphatic heterocycles. The quantitative estimate of drug-likeness (QED) is 0.518. The summed E-state index contributed by atoms with van der Waals surface area (Å²) in [5, 5.41) is 4.85. The molecular formula is C18H12BrN3O3. The Balaban J connectivity index is 1.44. The van der Waals surface area contributed by atoms with Crippen molar-refractivity contribution in [2.75, 3.05) is 0 Å². The second-order valence-electron chi connectivity index (χ2n) is 5.37. The van der Waals surface area contributed by atoms with Crippen LogP contribution in [0.15, 0.2) is 63.6 Å². The summed E-state index contributed by atoms with van der Waals surface area (Å²) in [5.41, 5.74) is 2.08. The lowest BCUT2D eigenvalue weighted by atomic mass is 10.2. The molecule has 0 unspecified atom stereocenters. The van der Waals surface area contributed by atoms with E-state index < -0.39 is 5.97 Å². The standard InChI is InChI=1S/C18H12BrN3O3/c19-13-7-5-11(6-8-13)17-21-16(25-22-17)10-24-18(23)15-9-12-3-1-2-4-14(12)20-15/h1-9,20H,10H2. The van der Waals surface area contributed by atoms with Gasteiger partial charge in [0.05, 0.1) is 0 Å². The fourth-order valence-electron chi connectivity index (χ4n) is 2.42. The van der Waals surface area contributed by atoms with Crippen LogP contribution in [0.5, 0.6) is 0 Å². The van der Waals surface area contributed by atoms with E-state index in [4.69, 9.17) is 9.26 Å². The van der Waals surface area contributed by atoms with Crippen molar-refractivity contribution in [3.8, 4) is 11.4 Å². The number of aromatic nitrogens is 3. The lowest BCUT2D eigenvalue weighted by Crippen LogP contribution is -2.05. The van der Waals surface area contributed by atoms with E-state index in [9.17, 15) is 4.79 Å². The minimum Gasteiger partial charge on any atom is -0.451 e. The highest BCUT2D eigenvalue weighted by Crippen LogP contribution is 2.20. The average Bonchev–Trinajstić information content (AvgIpc) is 3.27. The number of rotatable bonds is 4. The number of aromatic amines is 1. The van der Waals surface area contributed by atoms with Crippen LogP contribution in [0.3, 0.4) is 0 Å². The monoisotopic (exact) mass is 397 g/mol. The maximum absolute atomic E-state index is 12.2. The van der Waals surface area contributed by atoms with Crippen LogP contribution in [0.2, 0.25) is 0 Å². The third kappa shape index (κ3) is 3.32. The highest BCUT2D eigenvalue weighted by atomic mass is 79.9. The molecule has 2 heterocycles. The third-order valence-electron chi connectivity index (χ3n) is 3.65. The Bertz CT molecular complexity index is 1000. The Labute approximate surface area is 150 Å². The van der Waals surface area contributed by atoms with Crippen LogP contribution in [0.1, 0.15) is 16.4 Å². The molecule has 0 radical (unpaired) electrons. The largest absolute Gasteiger partial charge is 0.451 e. The van der Waals surface area contributed by atoms with Gasteiger partial charge >= 0.3 is 5.97 Å². The Morgan fingerprint density at radius 3 is 2.76 bits per heavy atom. The minimum atomic E-state index is -0.473. The minimum absolute atomic E-state index is 0.0856. The van der Waals surface area contributed by atoms with Gasteiger partial charge < -0.3 is 14.2 Å². The number of ether oxygens (including phenoxy) is 1. The summed E-state index contributed by atoms with van der Waals surface area (Å²) in [6, 6.07) is 16.9. The molecule has 0 aliphatic carbocycles. The molecule has 0 spiro atoms. The molecule has 1 N–H and O–H groups in total. The number of halogens is 1. The van der Waals surface area contributed by atoms with Crippen LogP contribution in [0.25, 0.3) is 22.3 Å². The number of carbonyl (C=O) groups excluding carboxylic acids is 1. The molecule has 4 aromatic rings. The van der Waals surface area contributed by atoms with E-state index in [1.807, 2.05) is 48.5 Å². The first-order valence-corrected chi connectivity index (χ1v) is 8.32. The zero-order valence-electron chi connectivity index (χ0n) is 12.9. The Hall–Kier alpha value is -2.93. The Morgan fingerprint density at radius 2 is 1.96 bits per heavy atom. The average molecular weight is 398 g/mol. The molecule has 2 aromatic carbocycles. The maximum atomic E-state index is 12.2. The van der Waals surface area contributed by atoms with E-state index >= 15 is 0 Å². The van der Waals surface area contributed by atoms with Crippen LogP contribution < -0.4 is 0 Å². The molecule has 2 aromatic heterocycles. The molecule has 0 atom stereocenters. The number of esters is 1. The molecule has 0 fully saturated rings. The Kier molecular flexibility index (Phi) is 4.07. The Morgan fingerprint density at radius 1 is 1.16 bits per heavy atom. The van der Waals surface area contributed by atoms with Gasteiger partial charge in [0.1, 0.15) is 5.69 Å².